The van der Waals surface area contributed by atoms with Crippen LogP contribution in [0.5, 0.6) is 0 Å². The standard InChI is InChI=1S/C16H18ClN3O/c17-12-5-6-13(11-4-3-9-19-15(11)12)20-14(21)10-16(18)7-1-2-8-16/h3-6,9H,1-2,7-8,10,18H2,(H,20,21). The number of nitrogens with zero attached hydrogens (tertiary/aromatic N) is 1. The fourth-order valence-corrected chi connectivity index (χ4v) is 3.23. The number of nitrogens with two attached hydrogens (primary N) is 1. The van der Waals surface area contributed by atoms with Crippen LogP contribution < -0.4 is 11.1 Å². The van der Waals surface area contributed by atoms with E-state index in [4.69, 9.17) is 17.3 Å². The number of carbonyl (C=O) groups excluding carboxylic acids is 1. The number of hydrogen-bond donors (Lipinski definition) is 2. The Labute approximate surface area is 128 Å². The molecule has 0 saturated heterocycles. The van der Waals surface area contributed by atoms with Gasteiger partial charge in [0.25, 0.3) is 0 Å². The summed E-state index contributed by atoms with van der Waals surface area (Å²) in [7, 11) is 0. The first kappa shape index (κ1) is 14.3. The predicted molar refractivity (Wildman–Crippen MR) is 85.4 cm³/mol. The first-order valence-electron chi connectivity index (χ1n) is 7.19. The van der Waals surface area contributed by atoms with Gasteiger partial charge in [0, 0.05) is 23.5 Å². The van der Waals surface area contributed by atoms with Gasteiger partial charge in [-0.2, -0.15) is 0 Å². The molecule has 0 spiro atoms. The van der Waals surface area contributed by atoms with Gasteiger partial charge >= 0.3 is 0 Å². The van der Waals surface area contributed by atoms with Crippen LogP contribution in [0.25, 0.3) is 10.9 Å². The highest BCUT2D eigenvalue weighted by atomic mass is 35.5. The van der Waals surface area contributed by atoms with Crippen molar-refractivity contribution in [3.8, 4) is 0 Å². The average Bonchev–Trinajstić information content (AvgIpc) is 2.88. The minimum absolute atomic E-state index is 0.0492. The second-order valence-corrected chi connectivity index (χ2v) is 6.20. The van der Waals surface area contributed by atoms with Crippen LogP contribution in [-0.2, 0) is 4.79 Å². The Bertz CT molecular complexity index is 680. The maximum atomic E-state index is 12.3. The highest BCUT2D eigenvalue weighted by molar-refractivity contribution is 6.35. The van der Waals surface area contributed by atoms with Crippen molar-refractivity contribution in [1.29, 1.82) is 0 Å². The van der Waals surface area contributed by atoms with E-state index in [-0.39, 0.29) is 11.4 Å². The van der Waals surface area contributed by atoms with Gasteiger partial charge in [-0.1, -0.05) is 24.4 Å². The molecule has 3 rings (SSSR count). The van der Waals surface area contributed by atoms with Gasteiger partial charge in [0.1, 0.15) is 0 Å². The zero-order valence-electron chi connectivity index (χ0n) is 11.7. The number of benzene rings is 1. The smallest absolute Gasteiger partial charge is 0.226 e. The zero-order valence-corrected chi connectivity index (χ0v) is 12.5. The predicted octanol–water partition coefficient (Wildman–Crippen LogP) is 3.49. The van der Waals surface area contributed by atoms with Crippen LogP contribution in [0, 0.1) is 0 Å². The molecule has 1 aromatic heterocycles. The monoisotopic (exact) mass is 303 g/mol. The van der Waals surface area contributed by atoms with Crippen LogP contribution in [-0.4, -0.2) is 16.4 Å². The molecule has 1 aliphatic carbocycles. The van der Waals surface area contributed by atoms with E-state index in [9.17, 15) is 4.79 Å². The molecule has 21 heavy (non-hydrogen) atoms. The number of carbonyl (C=O) groups is 1. The van der Waals surface area contributed by atoms with Gasteiger partial charge in [0.05, 0.1) is 16.2 Å². The van der Waals surface area contributed by atoms with Crippen molar-refractivity contribution < 1.29 is 4.79 Å². The summed E-state index contributed by atoms with van der Waals surface area (Å²) in [5, 5.41) is 4.37. The maximum Gasteiger partial charge on any atom is 0.226 e. The fraction of sp³-hybridized carbons (Fsp3) is 0.375. The van der Waals surface area contributed by atoms with E-state index < -0.39 is 0 Å². The zero-order chi connectivity index (χ0) is 14.9. The van der Waals surface area contributed by atoms with Crippen LogP contribution in [0.4, 0.5) is 5.69 Å². The molecule has 1 saturated carbocycles. The number of hydrogen-bond acceptors (Lipinski definition) is 3. The lowest BCUT2D eigenvalue weighted by molar-refractivity contribution is -0.117. The Morgan fingerprint density at radius 1 is 1.33 bits per heavy atom. The lowest BCUT2D eigenvalue weighted by atomic mass is 9.94. The summed E-state index contributed by atoms with van der Waals surface area (Å²) in [5.41, 5.74) is 7.34. The molecule has 5 heteroatoms. The number of amides is 1. The van der Waals surface area contributed by atoms with Crippen LogP contribution in [0.15, 0.2) is 30.5 Å². The molecule has 4 nitrogen and oxygen atoms in total. The third-order valence-electron chi connectivity index (χ3n) is 4.11. The van der Waals surface area contributed by atoms with Gasteiger partial charge in [0.2, 0.25) is 5.91 Å². The molecule has 3 N–H and O–H groups in total. The number of pyridine rings is 1. The number of nitrogens with one attached hydrogen (secondary N) is 1. The van der Waals surface area contributed by atoms with Crippen LogP contribution in [0.3, 0.4) is 0 Å². The lowest BCUT2D eigenvalue weighted by Crippen LogP contribution is -2.40. The minimum Gasteiger partial charge on any atom is -0.325 e. The highest BCUT2D eigenvalue weighted by Gasteiger charge is 2.31. The van der Waals surface area contributed by atoms with E-state index in [0.717, 1.165) is 36.8 Å². The quantitative estimate of drug-likeness (QED) is 0.912. The Morgan fingerprint density at radius 3 is 2.86 bits per heavy atom. The van der Waals surface area contributed by atoms with Crippen molar-refractivity contribution >= 4 is 34.1 Å². The molecule has 1 fully saturated rings. The first-order chi connectivity index (χ1) is 10.1. The molecule has 1 aromatic carbocycles. The lowest BCUT2D eigenvalue weighted by Gasteiger charge is -2.22. The first-order valence-corrected chi connectivity index (χ1v) is 7.57. The summed E-state index contributed by atoms with van der Waals surface area (Å²) in [6, 6.07) is 7.29. The molecule has 0 atom stereocenters. The second-order valence-electron chi connectivity index (χ2n) is 5.79. The SMILES string of the molecule is NC1(CC(=O)Nc2ccc(Cl)c3ncccc23)CCCC1. The Kier molecular flexibility index (Phi) is 3.83. The van der Waals surface area contributed by atoms with E-state index in [1.54, 1.807) is 12.3 Å². The highest BCUT2D eigenvalue weighted by Crippen LogP contribution is 2.31. The fourth-order valence-electron chi connectivity index (χ4n) is 3.02. The largest absolute Gasteiger partial charge is 0.325 e. The summed E-state index contributed by atoms with van der Waals surface area (Å²) in [6.45, 7) is 0. The summed E-state index contributed by atoms with van der Waals surface area (Å²) >= 11 is 6.13. The molecule has 0 radical (unpaired) electrons. The third kappa shape index (κ3) is 3.01. The normalized spacial score (nSPS) is 17.0. The Balaban J connectivity index is 1.82. The van der Waals surface area contributed by atoms with E-state index in [1.807, 2.05) is 18.2 Å². The van der Waals surface area contributed by atoms with Gasteiger partial charge in [-0.15, -0.1) is 0 Å². The summed E-state index contributed by atoms with van der Waals surface area (Å²) in [5.74, 6) is -0.0492. The van der Waals surface area contributed by atoms with Crippen molar-refractivity contribution in [2.24, 2.45) is 5.73 Å². The van der Waals surface area contributed by atoms with Gasteiger partial charge in [-0.3, -0.25) is 9.78 Å². The molecular formula is C16H18ClN3O. The van der Waals surface area contributed by atoms with Crippen molar-refractivity contribution in [2.75, 3.05) is 5.32 Å². The number of aromatic nitrogens is 1. The average molecular weight is 304 g/mol. The number of anilines is 1. The number of halogens is 1. The minimum atomic E-state index is -0.343. The molecule has 0 bridgehead atoms. The number of rotatable bonds is 3. The summed E-state index contributed by atoms with van der Waals surface area (Å²) < 4.78 is 0. The number of fused-ring (bicyclic) bond motifs is 1. The van der Waals surface area contributed by atoms with Crippen molar-refractivity contribution in [3.63, 3.8) is 0 Å². The molecule has 110 valence electrons. The van der Waals surface area contributed by atoms with E-state index >= 15 is 0 Å². The second kappa shape index (κ2) is 5.62. The molecule has 1 amide bonds. The Morgan fingerprint density at radius 2 is 2.10 bits per heavy atom. The van der Waals surface area contributed by atoms with Gasteiger partial charge < -0.3 is 11.1 Å². The van der Waals surface area contributed by atoms with Crippen LogP contribution >= 0.6 is 11.6 Å². The molecule has 0 aliphatic heterocycles. The molecule has 2 aromatic rings. The Hall–Kier alpha value is -1.65. The van der Waals surface area contributed by atoms with E-state index in [2.05, 4.69) is 10.3 Å². The van der Waals surface area contributed by atoms with Gasteiger partial charge in [-0.25, -0.2) is 0 Å². The van der Waals surface area contributed by atoms with Gasteiger partial charge in [-0.05, 0) is 37.1 Å². The molecule has 1 heterocycles. The maximum absolute atomic E-state index is 12.3. The molecule has 0 unspecified atom stereocenters. The summed E-state index contributed by atoms with van der Waals surface area (Å²) in [4.78, 5) is 16.5. The van der Waals surface area contributed by atoms with Gasteiger partial charge in [0.15, 0.2) is 0 Å². The van der Waals surface area contributed by atoms with Crippen molar-refractivity contribution in [2.45, 2.75) is 37.6 Å². The topological polar surface area (TPSA) is 68.0 Å². The van der Waals surface area contributed by atoms with Crippen molar-refractivity contribution in [1.82, 2.24) is 4.98 Å². The van der Waals surface area contributed by atoms with Crippen LogP contribution in [0.1, 0.15) is 32.1 Å². The molecule has 1 aliphatic rings. The van der Waals surface area contributed by atoms with E-state index in [1.165, 1.54) is 0 Å². The summed E-state index contributed by atoms with van der Waals surface area (Å²) in [6.07, 6.45) is 6.10. The van der Waals surface area contributed by atoms with E-state index in [0.29, 0.717) is 17.0 Å². The van der Waals surface area contributed by atoms with Crippen LogP contribution in [0.2, 0.25) is 5.02 Å². The third-order valence-corrected chi connectivity index (χ3v) is 4.41. The molecular weight excluding hydrogens is 286 g/mol. The van der Waals surface area contributed by atoms with Crippen molar-refractivity contribution in [3.05, 3.63) is 35.5 Å².